The number of carbonyl (C=O) groups excluding carboxylic acids is 2. The summed E-state index contributed by atoms with van der Waals surface area (Å²) >= 11 is 0. The first-order chi connectivity index (χ1) is 20.1. The molecule has 0 fully saturated rings. The van der Waals surface area contributed by atoms with Crippen molar-refractivity contribution in [3.63, 3.8) is 0 Å². The summed E-state index contributed by atoms with van der Waals surface area (Å²) in [6.45, 7) is -0.242. The Hall–Kier alpha value is -5.50. The average molecular weight is 544 g/mol. The number of carbonyl (C=O) groups is 2. The number of hydrogen-bond donors (Lipinski definition) is 3. The van der Waals surface area contributed by atoms with Gasteiger partial charge >= 0.3 is 0 Å². The number of pyridine rings is 1. The molecule has 0 aliphatic carbocycles. The van der Waals surface area contributed by atoms with Crippen LogP contribution in [-0.4, -0.2) is 40.6 Å². The molecular formula is C33H29N5O3. The summed E-state index contributed by atoms with van der Waals surface area (Å²) in [6, 6.07) is 29.8. The third kappa shape index (κ3) is 7.77. The minimum absolute atomic E-state index is 0.242. The fourth-order valence-electron chi connectivity index (χ4n) is 4.24. The highest BCUT2D eigenvalue weighted by atomic mass is 16.5. The maximum atomic E-state index is 13.1. The summed E-state index contributed by atoms with van der Waals surface area (Å²) in [4.78, 5) is 33.3. The second kappa shape index (κ2) is 13.5. The summed E-state index contributed by atoms with van der Waals surface area (Å²) in [5.41, 5.74) is 7.08. The minimum Gasteiger partial charge on any atom is -0.484 e. The number of hydrazone groups is 1. The number of aromatic amines is 1. The monoisotopic (exact) mass is 543 g/mol. The van der Waals surface area contributed by atoms with Crippen LogP contribution in [0.5, 0.6) is 5.75 Å². The molecule has 204 valence electrons. The van der Waals surface area contributed by atoms with Crippen LogP contribution in [0.3, 0.4) is 0 Å². The van der Waals surface area contributed by atoms with Gasteiger partial charge in [0.15, 0.2) is 6.61 Å². The molecule has 0 unspecified atom stereocenters. The van der Waals surface area contributed by atoms with Crippen molar-refractivity contribution < 1.29 is 14.3 Å². The number of aromatic nitrogens is 2. The first-order valence-corrected chi connectivity index (χ1v) is 13.2. The van der Waals surface area contributed by atoms with Crippen molar-refractivity contribution in [2.24, 2.45) is 5.10 Å². The van der Waals surface area contributed by atoms with Crippen molar-refractivity contribution >= 4 is 41.1 Å². The van der Waals surface area contributed by atoms with Crippen LogP contribution >= 0.6 is 0 Å². The lowest BCUT2D eigenvalue weighted by Gasteiger charge is -2.17. The van der Waals surface area contributed by atoms with E-state index in [1.807, 2.05) is 91.1 Å². The van der Waals surface area contributed by atoms with Crippen LogP contribution in [0.1, 0.15) is 22.4 Å². The van der Waals surface area contributed by atoms with E-state index in [0.717, 1.165) is 27.6 Å². The molecule has 3 aromatic carbocycles. The summed E-state index contributed by atoms with van der Waals surface area (Å²) in [7, 11) is 0. The van der Waals surface area contributed by atoms with Gasteiger partial charge in [-0.05, 0) is 47.0 Å². The average Bonchev–Trinajstić information content (AvgIpc) is 3.43. The molecule has 1 atom stereocenters. The van der Waals surface area contributed by atoms with E-state index >= 15 is 0 Å². The third-order valence-electron chi connectivity index (χ3n) is 6.33. The van der Waals surface area contributed by atoms with Gasteiger partial charge in [-0.25, -0.2) is 5.43 Å². The van der Waals surface area contributed by atoms with Gasteiger partial charge in [-0.15, -0.1) is 0 Å². The molecule has 0 radical (unpaired) electrons. The molecule has 0 aliphatic heterocycles. The molecule has 0 spiro atoms. The molecule has 0 bridgehead atoms. The highest BCUT2D eigenvalue weighted by Crippen LogP contribution is 2.19. The smallest absolute Gasteiger partial charge is 0.262 e. The largest absolute Gasteiger partial charge is 0.484 e. The highest BCUT2D eigenvalue weighted by Gasteiger charge is 2.23. The van der Waals surface area contributed by atoms with E-state index in [9.17, 15) is 9.59 Å². The minimum atomic E-state index is -0.878. The molecule has 8 heteroatoms. The first-order valence-electron chi connectivity index (χ1n) is 13.2. The predicted molar refractivity (Wildman–Crippen MR) is 161 cm³/mol. The van der Waals surface area contributed by atoms with Crippen molar-refractivity contribution in [1.29, 1.82) is 0 Å². The van der Waals surface area contributed by atoms with Crippen molar-refractivity contribution in [3.8, 4) is 5.75 Å². The van der Waals surface area contributed by atoms with Crippen molar-refractivity contribution in [1.82, 2.24) is 20.7 Å². The molecule has 5 rings (SSSR count). The van der Waals surface area contributed by atoms with Crippen LogP contribution < -0.4 is 15.5 Å². The van der Waals surface area contributed by atoms with Crippen molar-refractivity contribution in [2.75, 3.05) is 6.61 Å². The van der Waals surface area contributed by atoms with Crippen LogP contribution in [-0.2, 0) is 16.0 Å². The number of para-hydroxylation sites is 1. The summed E-state index contributed by atoms with van der Waals surface area (Å²) in [6.07, 6.45) is 9.24. The predicted octanol–water partition coefficient (Wildman–Crippen LogP) is 4.99. The Morgan fingerprint density at radius 2 is 1.61 bits per heavy atom. The summed E-state index contributed by atoms with van der Waals surface area (Å²) in [5, 5.41) is 7.79. The quantitative estimate of drug-likeness (QED) is 0.124. The molecule has 0 saturated heterocycles. The maximum absolute atomic E-state index is 13.1. The molecular weight excluding hydrogens is 514 g/mol. The van der Waals surface area contributed by atoms with Crippen LogP contribution in [0.15, 0.2) is 115 Å². The van der Waals surface area contributed by atoms with Gasteiger partial charge in [0.05, 0.1) is 11.9 Å². The Balaban J connectivity index is 1.21. The van der Waals surface area contributed by atoms with Crippen LogP contribution in [0.25, 0.3) is 23.1 Å². The van der Waals surface area contributed by atoms with E-state index in [1.165, 1.54) is 6.21 Å². The van der Waals surface area contributed by atoms with Crippen molar-refractivity contribution in [2.45, 2.75) is 12.5 Å². The first kappa shape index (κ1) is 27.1. The molecule has 41 heavy (non-hydrogen) atoms. The molecule has 5 aromatic rings. The SMILES string of the molecule is O=C(COc1ccc(/C=C/c2ccccc2)cc1)N[C@@H](Cc1c[nH]c2ccccc12)C(=O)N/N=C/c1ccccn1. The summed E-state index contributed by atoms with van der Waals surface area (Å²) < 4.78 is 5.70. The standard InChI is InChI=1S/C33H29N5O3/c39-32(23-41-28-17-15-25(16-18-28)14-13-24-8-2-1-3-9-24)37-31(20-26-21-35-30-12-5-4-11-29(26)30)33(40)38-36-22-27-10-6-7-19-34-27/h1-19,21-22,31,35H,20,23H2,(H,37,39)(H,38,40)/b14-13+,36-22+/t31-/m0/s1. The number of nitrogens with zero attached hydrogens (tertiary/aromatic N) is 2. The Bertz CT molecular complexity index is 1650. The number of hydrogen-bond acceptors (Lipinski definition) is 5. The third-order valence-corrected chi connectivity index (χ3v) is 6.33. The lowest BCUT2D eigenvalue weighted by Crippen LogP contribution is -2.48. The molecule has 3 N–H and O–H groups in total. The maximum Gasteiger partial charge on any atom is 0.262 e. The zero-order valence-electron chi connectivity index (χ0n) is 22.2. The summed E-state index contributed by atoms with van der Waals surface area (Å²) in [5.74, 6) is -0.327. The van der Waals surface area contributed by atoms with Gasteiger partial charge in [0, 0.05) is 29.7 Å². The fraction of sp³-hybridized carbons (Fsp3) is 0.0909. The fourth-order valence-corrected chi connectivity index (χ4v) is 4.24. The van der Waals surface area contributed by atoms with Crippen molar-refractivity contribution in [3.05, 3.63) is 132 Å². The zero-order chi connectivity index (χ0) is 28.3. The lowest BCUT2D eigenvalue weighted by molar-refractivity contribution is -0.130. The normalized spacial score (nSPS) is 12.0. The Kier molecular flexibility index (Phi) is 8.93. The van der Waals surface area contributed by atoms with E-state index in [4.69, 9.17) is 4.74 Å². The molecule has 2 amide bonds. The van der Waals surface area contributed by atoms with E-state index < -0.39 is 17.9 Å². The Labute approximate surface area is 237 Å². The number of amides is 2. The zero-order valence-corrected chi connectivity index (χ0v) is 22.2. The number of ether oxygens (including phenoxy) is 1. The van der Waals surface area contributed by atoms with Gasteiger partial charge in [0.1, 0.15) is 11.8 Å². The molecule has 0 aliphatic rings. The Morgan fingerprint density at radius 3 is 2.39 bits per heavy atom. The second-order valence-electron chi connectivity index (χ2n) is 9.27. The van der Waals surface area contributed by atoms with E-state index in [-0.39, 0.29) is 13.0 Å². The van der Waals surface area contributed by atoms with Crippen LogP contribution in [0.2, 0.25) is 0 Å². The number of fused-ring (bicyclic) bond motifs is 1. The van der Waals surface area contributed by atoms with Gasteiger partial charge in [-0.3, -0.25) is 14.6 Å². The van der Waals surface area contributed by atoms with Gasteiger partial charge in [-0.1, -0.05) is 78.9 Å². The molecule has 2 heterocycles. The van der Waals surface area contributed by atoms with Gasteiger partial charge in [-0.2, -0.15) is 5.10 Å². The second-order valence-corrected chi connectivity index (χ2v) is 9.27. The van der Waals surface area contributed by atoms with E-state index in [2.05, 4.69) is 25.8 Å². The van der Waals surface area contributed by atoms with Crippen LogP contribution in [0, 0.1) is 0 Å². The van der Waals surface area contributed by atoms with Gasteiger partial charge < -0.3 is 15.0 Å². The van der Waals surface area contributed by atoms with Crippen LogP contribution in [0.4, 0.5) is 0 Å². The number of rotatable bonds is 11. The number of nitrogens with one attached hydrogen (secondary N) is 3. The molecule has 8 nitrogen and oxygen atoms in total. The molecule has 2 aromatic heterocycles. The van der Waals surface area contributed by atoms with Gasteiger partial charge in [0.25, 0.3) is 11.8 Å². The van der Waals surface area contributed by atoms with E-state index in [1.54, 1.807) is 30.5 Å². The number of H-pyrrole nitrogens is 1. The van der Waals surface area contributed by atoms with Gasteiger partial charge in [0.2, 0.25) is 0 Å². The lowest BCUT2D eigenvalue weighted by atomic mass is 10.0. The van der Waals surface area contributed by atoms with E-state index in [0.29, 0.717) is 11.4 Å². The number of benzene rings is 3. The molecule has 0 saturated carbocycles. The Morgan fingerprint density at radius 1 is 0.878 bits per heavy atom. The topological polar surface area (TPSA) is 108 Å². The highest BCUT2D eigenvalue weighted by molar-refractivity contribution is 5.90.